The van der Waals surface area contributed by atoms with Crippen LogP contribution < -0.4 is 10.2 Å². The number of furan rings is 1. The molecule has 0 spiro atoms. The number of nitrogens with one attached hydrogen (secondary N) is 1. The lowest BCUT2D eigenvalue weighted by Gasteiger charge is -2.34. The van der Waals surface area contributed by atoms with Gasteiger partial charge in [0.1, 0.15) is 6.07 Å². The van der Waals surface area contributed by atoms with Gasteiger partial charge in [0.05, 0.1) is 23.7 Å². The molecule has 9 nitrogen and oxygen atoms in total. The molecular weight excluding hydrogens is 358 g/mol. The first-order chi connectivity index (χ1) is 13.7. The predicted molar refractivity (Wildman–Crippen MR) is 101 cm³/mol. The van der Waals surface area contributed by atoms with Gasteiger partial charge in [-0.05, 0) is 24.3 Å². The Morgan fingerprint density at radius 3 is 2.71 bits per heavy atom. The second-order valence-electron chi connectivity index (χ2n) is 6.18. The van der Waals surface area contributed by atoms with E-state index in [4.69, 9.17) is 4.42 Å². The number of piperazine rings is 1. The molecule has 0 bridgehead atoms. The summed E-state index contributed by atoms with van der Waals surface area (Å²) < 4.78 is 5.18. The zero-order valence-electron chi connectivity index (χ0n) is 14.9. The van der Waals surface area contributed by atoms with Gasteiger partial charge in [0.15, 0.2) is 11.6 Å². The van der Waals surface area contributed by atoms with E-state index in [0.29, 0.717) is 55.0 Å². The van der Waals surface area contributed by atoms with Crippen molar-refractivity contribution in [1.82, 2.24) is 20.1 Å². The molecule has 4 rings (SSSR count). The second kappa shape index (κ2) is 7.75. The van der Waals surface area contributed by atoms with E-state index >= 15 is 0 Å². The maximum absolute atomic E-state index is 12.4. The van der Waals surface area contributed by atoms with E-state index < -0.39 is 0 Å². The number of anilines is 3. The van der Waals surface area contributed by atoms with Gasteiger partial charge in [-0.15, -0.1) is 5.10 Å². The first-order valence-electron chi connectivity index (χ1n) is 8.78. The topological polar surface area (TPSA) is 111 Å². The normalized spacial score (nSPS) is 13.8. The average Bonchev–Trinajstić information content (AvgIpc) is 3.29. The monoisotopic (exact) mass is 375 g/mol. The van der Waals surface area contributed by atoms with Gasteiger partial charge in [0.25, 0.3) is 5.91 Å². The summed E-state index contributed by atoms with van der Waals surface area (Å²) >= 11 is 0. The maximum Gasteiger partial charge on any atom is 0.289 e. The summed E-state index contributed by atoms with van der Waals surface area (Å²) in [6.07, 6.45) is 3.00. The largest absolute Gasteiger partial charge is 0.459 e. The van der Waals surface area contributed by atoms with Crippen molar-refractivity contribution in [2.24, 2.45) is 0 Å². The first kappa shape index (κ1) is 17.5. The maximum atomic E-state index is 12.4. The fourth-order valence-electron chi connectivity index (χ4n) is 2.98. The molecule has 0 atom stereocenters. The summed E-state index contributed by atoms with van der Waals surface area (Å²) in [4.78, 5) is 20.6. The van der Waals surface area contributed by atoms with E-state index in [1.54, 1.807) is 35.2 Å². The molecule has 140 valence electrons. The molecule has 3 heterocycles. The molecule has 28 heavy (non-hydrogen) atoms. The quantitative estimate of drug-likeness (QED) is 0.737. The summed E-state index contributed by atoms with van der Waals surface area (Å²) in [7, 11) is 0. The van der Waals surface area contributed by atoms with Crippen LogP contribution in [0.25, 0.3) is 0 Å². The molecule has 9 heteroatoms. The molecule has 1 aliphatic rings. The van der Waals surface area contributed by atoms with Crippen molar-refractivity contribution in [2.75, 3.05) is 36.4 Å². The van der Waals surface area contributed by atoms with Crippen molar-refractivity contribution in [1.29, 1.82) is 5.26 Å². The van der Waals surface area contributed by atoms with Crippen molar-refractivity contribution in [2.45, 2.75) is 0 Å². The Morgan fingerprint density at radius 2 is 1.96 bits per heavy atom. The van der Waals surface area contributed by atoms with Gasteiger partial charge in [-0.3, -0.25) is 4.79 Å². The number of carbonyl (C=O) groups is 1. The SMILES string of the molecule is N#Cc1ccccc1Nc1cnnc(N2CCN(C(=O)c3ccco3)CC2)n1. The van der Waals surface area contributed by atoms with Crippen LogP contribution in [0.2, 0.25) is 0 Å². The Bertz CT molecular complexity index is 1010. The van der Waals surface area contributed by atoms with Gasteiger partial charge >= 0.3 is 0 Å². The van der Waals surface area contributed by atoms with Crippen LogP contribution in [-0.2, 0) is 0 Å². The Kier molecular flexibility index (Phi) is 4.84. The van der Waals surface area contributed by atoms with E-state index in [9.17, 15) is 10.1 Å². The van der Waals surface area contributed by atoms with Gasteiger partial charge in [-0.25, -0.2) is 0 Å². The Morgan fingerprint density at radius 1 is 1.14 bits per heavy atom. The van der Waals surface area contributed by atoms with Crippen LogP contribution in [0.15, 0.2) is 53.3 Å². The second-order valence-corrected chi connectivity index (χ2v) is 6.18. The minimum atomic E-state index is -0.118. The van der Waals surface area contributed by atoms with Gasteiger partial charge in [-0.1, -0.05) is 12.1 Å². The van der Waals surface area contributed by atoms with Gasteiger partial charge < -0.3 is 19.5 Å². The van der Waals surface area contributed by atoms with Crippen LogP contribution in [0, 0.1) is 11.3 Å². The zero-order valence-corrected chi connectivity index (χ0v) is 14.9. The van der Waals surface area contributed by atoms with Gasteiger partial charge in [0, 0.05) is 26.2 Å². The first-order valence-corrected chi connectivity index (χ1v) is 8.78. The third-order valence-corrected chi connectivity index (χ3v) is 4.44. The molecule has 0 aliphatic carbocycles. The Labute approximate surface area is 161 Å². The van der Waals surface area contributed by atoms with Gasteiger partial charge in [0.2, 0.25) is 5.95 Å². The lowest BCUT2D eigenvalue weighted by molar-refractivity contribution is 0.0714. The van der Waals surface area contributed by atoms with Crippen LogP contribution in [-0.4, -0.2) is 52.2 Å². The number of nitrogens with zero attached hydrogens (tertiary/aromatic N) is 6. The minimum Gasteiger partial charge on any atom is -0.459 e. The summed E-state index contributed by atoms with van der Waals surface area (Å²) in [6, 6.07) is 12.7. The minimum absolute atomic E-state index is 0.118. The van der Waals surface area contributed by atoms with E-state index in [1.165, 1.54) is 12.5 Å². The highest BCUT2D eigenvalue weighted by Crippen LogP contribution is 2.20. The summed E-state index contributed by atoms with van der Waals surface area (Å²) in [5.41, 5.74) is 1.18. The van der Waals surface area contributed by atoms with Gasteiger partial charge in [-0.2, -0.15) is 15.3 Å². The van der Waals surface area contributed by atoms with Crippen LogP contribution in [0.4, 0.5) is 17.5 Å². The highest BCUT2D eigenvalue weighted by Gasteiger charge is 2.25. The average molecular weight is 375 g/mol. The molecule has 0 radical (unpaired) electrons. The van der Waals surface area contributed by atoms with E-state index in [2.05, 4.69) is 26.6 Å². The lowest BCUT2D eigenvalue weighted by Crippen LogP contribution is -2.49. The fraction of sp³-hybridized carbons (Fsp3) is 0.211. The molecule has 1 saturated heterocycles. The highest BCUT2D eigenvalue weighted by atomic mass is 16.3. The lowest BCUT2D eigenvalue weighted by atomic mass is 10.2. The van der Waals surface area contributed by atoms with E-state index in [0.717, 1.165) is 0 Å². The van der Waals surface area contributed by atoms with E-state index in [-0.39, 0.29) is 5.91 Å². The van der Waals surface area contributed by atoms with Crippen LogP contribution in [0.3, 0.4) is 0 Å². The molecule has 1 amide bonds. The molecular formula is C19H17N7O2. The van der Waals surface area contributed by atoms with Crippen molar-refractivity contribution < 1.29 is 9.21 Å². The van der Waals surface area contributed by atoms with Crippen LogP contribution in [0.5, 0.6) is 0 Å². The fourth-order valence-corrected chi connectivity index (χ4v) is 2.98. The molecule has 0 saturated carbocycles. The Balaban J connectivity index is 1.43. The summed E-state index contributed by atoms with van der Waals surface area (Å²) in [5, 5.41) is 20.4. The number of para-hydroxylation sites is 1. The van der Waals surface area contributed by atoms with Crippen LogP contribution in [0.1, 0.15) is 16.1 Å². The number of hydrogen-bond donors (Lipinski definition) is 1. The molecule has 0 unspecified atom stereocenters. The number of rotatable bonds is 4. The molecule has 3 aromatic rings. The van der Waals surface area contributed by atoms with Crippen molar-refractivity contribution in [3.05, 3.63) is 60.2 Å². The van der Waals surface area contributed by atoms with Crippen molar-refractivity contribution >= 4 is 23.4 Å². The van der Waals surface area contributed by atoms with E-state index in [1.807, 2.05) is 11.0 Å². The highest BCUT2D eigenvalue weighted by molar-refractivity contribution is 5.91. The Hall–Kier alpha value is -3.93. The molecule has 1 fully saturated rings. The number of hydrogen-bond acceptors (Lipinski definition) is 8. The van der Waals surface area contributed by atoms with Crippen LogP contribution >= 0.6 is 0 Å². The number of nitriles is 1. The number of carbonyl (C=O) groups excluding carboxylic acids is 1. The number of amides is 1. The van der Waals surface area contributed by atoms with Crippen molar-refractivity contribution in [3.8, 4) is 6.07 Å². The standard InChI is InChI=1S/C19H17N7O2/c20-12-14-4-1-2-5-15(14)22-17-13-21-24-19(23-17)26-9-7-25(8-10-26)18(27)16-6-3-11-28-16/h1-6,11,13H,7-10H2,(H,22,23,24). The summed E-state index contributed by atoms with van der Waals surface area (Å²) in [5.74, 6) is 1.20. The predicted octanol–water partition coefficient (Wildman–Crippen LogP) is 2.04. The molecule has 2 aromatic heterocycles. The summed E-state index contributed by atoms with van der Waals surface area (Å²) in [6.45, 7) is 2.26. The zero-order chi connectivity index (χ0) is 19.3. The smallest absolute Gasteiger partial charge is 0.289 e. The molecule has 1 aromatic carbocycles. The molecule has 1 N–H and O–H groups in total. The number of aromatic nitrogens is 3. The number of benzene rings is 1. The third-order valence-electron chi connectivity index (χ3n) is 4.44. The van der Waals surface area contributed by atoms with Crippen molar-refractivity contribution in [3.63, 3.8) is 0 Å². The third kappa shape index (κ3) is 3.61. The molecule has 1 aliphatic heterocycles.